The number of hydrogen-bond acceptors (Lipinski definition) is 3. The lowest BCUT2D eigenvalue weighted by molar-refractivity contribution is -0.138. The Morgan fingerprint density at radius 2 is 1.96 bits per heavy atom. The van der Waals surface area contributed by atoms with Gasteiger partial charge in [-0.2, -0.15) is 13.2 Å². The average Bonchev–Trinajstić information content (AvgIpc) is 2.85. The van der Waals surface area contributed by atoms with Crippen molar-refractivity contribution < 1.29 is 18.0 Å². The highest BCUT2D eigenvalue weighted by Crippen LogP contribution is 2.32. The minimum Gasteiger partial charge on any atom is -0.331 e. The highest BCUT2D eigenvalue weighted by molar-refractivity contribution is 7.11. The highest BCUT2D eigenvalue weighted by Gasteiger charge is 2.33. The van der Waals surface area contributed by atoms with Gasteiger partial charge in [0.25, 0.3) is 0 Å². The molecule has 0 bridgehead atoms. The van der Waals surface area contributed by atoms with Gasteiger partial charge in [0.15, 0.2) is 0 Å². The molecule has 2 rings (SSSR count). The highest BCUT2D eigenvalue weighted by atomic mass is 32.1. The van der Waals surface area contributed by atoms with E-state index in [1.165, 1.54) is 41.5 Å². The zero-order valence-electron chi connectivity index (χ0n) is 14.4. The minimum absolute atomic E-state index is 0.0603. The lowest BCUT2D eigenvalue weighted by Gasteiger charge is -2.23. The van der Waals surface area contributed by atoms with Crippen molar-refractivity contribution in [1.29, 1.82) is 0 Å². The summed E-state index contributed by atoms with van der Waals surface area (Å²) < 4.78 is 39.2. The average molecular weight is 371 g/mol. The first-order chi connectivity index (χ1) is 11.6. The number of amides is 2. The number of rotatable bonds is 4. The smallest absolute Gasteiger partial charge is 0.331 e. The van der Waals surface area contributed by atoms with Crippen molar-refractivity contribution >= 4 is 17.4 Å². The molecule has 1 aromatic carbocycles. The molecule has 0 fully saturated rings. The van der Waals surface area contributed by atoms with Crippen LogP contribution in [0.25, 0.3) is 0 Å². The quantitative estimate of drug-likeness (QED) is 0.848. The molecule has 0 aliphatic heterocycles. The maximum absolute atomic E-state index is 13.1. The first-order valence-electron chi connectivity index (χ1n) is 7.70. The van der Waals surface area contributed by atoms with E-state index in [1.807, 2.05) is 20.8 Å². The molecule has 1 heterocycles. The van der Waals surface area contributed by atoms with Crippen molar-refractivity contribution in [3.05, 3.63) is 51.0 Å². The summed E-state index contributed by atoms with van der Waals surface area (Å²) in [5.41, 5.74) is 0.183. The van der Waals surface area contributed by atoms with Crippen molar-refractivity contribution in [3.8, 4) is 0 Å². The van der Waals surface area contributed by atoms with Gasteiger partial charge in [0.2, 0.25) is 0 Å². The molecule has 0 saturated carbocycles. The van der Waals surface area contributed by atoms with Crippen LogP contribution in [-0.2, 0) is 12.7 Å². The van der Waals surface area contributed by atoms with Gasteiger partial charge in [-0.15, -0.1) is 11.3 Å². The van der Waals surface area contributed by atoms with E-state index in [0.29, 0.717) is 0 Å². The zero-order chi connectivity index (χ0) is 18.8. The molecule has 2 amide bonds. The second kappa shape index (κ2) is 7.43. The minimum atomic E-state index is -4.45. The molecule has 1 N–H and O–H groups in total. The summed E-state index contributed by atoms with van der Waals surface area (Å²) in [6.07, 6.45) is -4.45. The van der Waals surface area contributed by atoms with Crippen LogP contribution in [0, 0.1) is 13.8 Å². The Morgan fingerprint density at radius 1 is 1.32 bits per heavy atom. The summed E-state index contributed by atoms with van der Waals surface area (Å²) in [5.74, 6) is 0. The number of aromatic nitrogens is 1. The number of benzene rings is 1. The second-order valence-corrected chi connectivity index (χ2v) is 7.10. The molecule has 4 nitrogen and oxygen atoms in total. The maximum atomic E-state index is 13.1. The number of halogens is 3. The molecule has 0 aliphatic carbocycles. The van der Waals surface area contributed by atoms with Crippen LogP contribution >= 0.6 is 11.3 Å². The molecular formula is C17H20F3N3OS. The Bertz CT molecular complexity index is 758. The van der Waals surface area contributed by atoms with Gasteiger partial charge in [0, 0.05) is 18.5 Å². The van der Waals surface area contributed by atoms with Crippen LogP contribution in [0.4, 0.5) is 18.0 Å². The predicted octanol–water partition coefficient (Wildman–Crippen LogP) is 4.68. The third kappa shape index (κ3) is 4.72. The van der Waals surface area contributed by atoms with Crippen LogP contribution in [0.5, 0.6) is 0 Å². The molecule has 0 saturated heterocycles. The predicted molar refractivity (Wildman–Crippen MR) is 91.4 cm³/mol. The van der Waals surface area contributed by atoms with E-state index in [4.69, 9.17) is 0 Å². The monoisotopic (exact) mass is 371 g/mol. The number of nitrogens with one attached hydrogen (secondary N) is 1. The van der Waals surface area contributed by atoms with Gasteiger partial charge in [0.05, 0.1) is 22.3 Å². The van der Waals surface area contributed by atoms with Crippen LogP contribution in [0.1, 0.15) is 39.7 Å². The third-order valence-corrected chi connectivity index (χ3v) is 5.01. The van der Waals surface area contributed by atoms with Crippen LogP contribution < -0.4 is 5.32 Å². The topological polar surface area (TPSA) is 45.2 Å². The Kier molecular flexibility index (Phi) is 5.72. The number of carbonyl (C=O) groups excluding carboxylic acids is 1. The largest absolute Gasteiger partial charge is 0.416 e. The molecule has 136 valence electrons. The summed E-state index contributed by atoms with van der Waals surface area (Å²) in [7, 11) is 1.47. The van der Waals surface area contributed by atoms with Crippen molar-refractivity contribution in [2.75, 3.05) is 7.05 Å². The number of alkyl halides is 3. The molecule has 0 unspecified atom stereocenters. The van der Waals surface area contributed by atoms with E-state index >= 15 is 0 Å². The molecule has 0 aliphatic rings. The Morgan fingerprint density at radius 3 is 2.52 bits per heavy atom. The molecular weight excluding hydrogens is 351 g/mol. The summed E-state index contributed by atoms with van der Waals surface area (Å²) in [5, 5.41) is 3.71. The fourth-order valence-electron chi connectivity index (χ4n) is 2.57. The van der Waals surface area contributed by atoms with Crippen molar-refractivity contribution in [2.45, 2.75) is 39.5 Å². The lowest BCUT2D eigenvalue weighted by Crippen LogP contribution is -2.38. The number of hydrogen-bond donors (Lipinski definition) is 1. The van der Waals surface area contributed by atoms with Crippen molar-refractivity contribution in [1.82, 2.24) is 15.2 Å². The lowest BCUT2D eigenvalue weighted by atomic mass is 10.1. The van der Waals surface area contributed by atoms with E-state index < -0.39 is 17.8 Å². The van der Waals surface area contributed by atoms with Gasteiger partial charge in [-0.05, 0) is 32.4 Å². The number of urea groups is 1. The maximum Gasteiger partial charge on any atom is 0.416 e. The Hall–Kier alpha value is -2.09. The van der Waals surface area contributed by atoms with Gasteiger partial charge in [0.1, 0.15) is 0 Å². The van der Waals surface area contributed by atoms with Crippen LogP contribution in [0.15, 0.2) is 24.3 Å². The number of aryl methyl sites for hydroxylation is 2. The SMILES string of the molecule is Cc1nc(C)c([C@H](C)NC(=O)N(C)Cc2ccccc2C(F)(F)F)s1. The number of thiazole rings is 1. The fourth-order valence-corrected chi connectivity index (χ4v) is 3.50. The molecule has 1 atom stereocenters. The number of carbonyl (C=O) groups is 1. The first-order valence-corrected chi connectivity index (χ1v) is 8.52. The van der Waals surface area contributed by atoms with Gasteiger partial charge in [-0.25, -0.2) is 9.78 Å². The van der Waals surface area contributed by atoms with Crippen LogP contribution in [0.2, 0.25) is 0 Å². The molecule has 0 spiro atoms. The van der Waals surface area contributed by atoms with E-state index in [9.17, 15) is 18.0 Å². The number of nitrogens with zero attached hydrogens (tertiary/aromatic N) is 2. The third-order valence-electron chi connectivity index (χ3n) is 3.75. The van der Waals surface area contributed by atoms with Crippen LogP contribution in [0.3, 0.4) is 0 Å². The molecule has 25 heavy (non-hydrogen) atoms. The summed E-state index contributed by atoms with van der Waals surface area (Å²) >= 11 is 1.49. The normalized spacial score (nSPS) is 12.8. The second-order valence-electron chi connectivity index (χ2n) is 5.86. The van der Waals surface area contributed by atoms with Crippen molar-refractivity contribution in [2.24, 2.45) is 0 Å². The summed E-state index contributed by atoms with van der Waals surface area (Å²) in [6.45, 7) is 5.45. The Labute approximate surface area is 148 Å². The van der Waals surface area contributed by atoms with E-state index in [0.717, 1.165) is 21.6 Å². The fraction of sp³-hybridized carbons (Fsp3) is 0.412. The van der Waals surface area contributed by atoms with Gasteiger partial charge >= 0.3 is 12.2 Å². The molecule has 2 aromatic rings. The Balaban J connectivity index is 2.07. The van der Waals surface area contributed by atoms with E-state index in [1.54, 1.807) is 0 Å². The van der Waals surface area contributed by atoms with Gasteiger partial charge < -0.3 is 10.2 Å². The summed E-state index contributed by atoms with van der Waals surface area (Å²) in [4.78, 5) is 18.8. The molecule has 8 heteroatoms. The summed E-state index contributed by atoms with van der Waals surface area (Å²) in [6, 6.07) is 4.57. The van der Waals surface area contributed by atoms with Gasteiger partial charge in [-0.1, -0.05) is 18.2 Å². The van der Waals surface area contributed by atoms with E-state index in [2.05, 4.69) is 10.3 Å². The molecule has 1 aromatic heterocycles. The van der Waals surface area contributed by atoms with Crippen molar-refractivity contribution in [3.63, 3.8) is 0 Å². The van der Waals surface area contributed by atoms with E-state index in [-0.39, 0.29) is 18.2 Å². The van der Waals surface area contributed by atoms with Crippen LogP contribution in [-0.4, -0.2) is 23.0 Å². The standard InChI is InChI=1S/C17H20F3N3OS/c1-10-15(25-12(3)21-10)11(2)22-16(24)23(4)9-13-7-5-6-8-14(13)17(18,19)20/h5-8,11H,9H2,1-4H3,(H,22,24)/t11-/m0/s1. The zero-order valence-corrected chi connectivity index (χ0v) is 15.3. The molecule has 0 radical (unpaired) electrons. The van der Waals surface area contributed by atoms with Gasteiger partial charge in [-0.3, -0.25) is 0 Å². The first kappa shape index (κ1) is 19.2.